The molecule has 21 heavy (non-hydrogen) atoms. The Hall–Kier alpha value is -1.39. The molecule has 2 saturated heterocycles. The third-order valence-corrected chi connectivity index (χ3v) is 4.85. The molecule has 1 N–H and O–H groups in total. The monoisotopic (exact) mass is 287 g/mol. The maximum absolute atomic E-state index is 12.6. The van der Waals surface area contributed by atoms with E-state index in [4.69, 9.17) is 0 Å². The highest BCUT2D eigenvalue weighted by molar-refractivity contribution is 5.83. The van der Waals surface area contributed by atoms with Gasteiger partial charge in [-0.25, -0.2) is 0 Å². The standard InChI is InChI=1S/C17H25N3O/c1-14(15-5-3-2-4-6-15)17(21)20-11-9-19(10-12-20)16-7-8-18-13-16/h2-6,14,16,18H,7-13H2,1H3. The molecule has 4 nitrogen and oxygen atoms in total. The zero-order chi connectivity index (χ0) is 14.7. The normalized spacial score (nSPS) is 25.0. The van der Waals surface area contributed by atoms with Gasteiger partial charge in [-0.15, -0.1) is 0 Å². The first-order valence-corrected chi connectivity index (χ1v) is 8.04. The van der Waals surface area contributed by atoms with Crippen LogP contribution in [-0.4, -0.2) is 61.0 Å². The van der Waals surface area contributed by atoms with Crippen LogP contribution in [0.15, 0.2) is 30.3 Å². The number of hydrogen-bond donors (Lipinski definition) is 1. The van der Waals surface area contributed by atoms with Crippen LogP contribution >= 0.6 is 0 Å². The van der Waals surface area contributed by atoms with Crippen LogP contribution in [0.5, 0.6) is 0 Å². The van der Waals surface area contributed by atoms with E-state index in [1.54, 1.807) is 0 Å². The predicted octanol–water partition coefficient (Wildman–Crippen LogP) is 1.30. The van der Waals surface area contributed by atoms with Crippen LogP contribution in [0.2, 0.25) is 0 Å². The van der Waals surface area contributed by atoms with Crippen molar-refractivity contribution < 1.29 is 4.79 Å². The molecule has 3 rings (SSSR count). The van der Waals surface area contributed by atoms with Crippen molar-refractivity contribution in [2.75, 3.05) is 39.3 Å². The van der Waals surface area contributed by atoms with Gasteiger partial charge in [-0.2, -0.15) is 0 Å². The van der Waals surface area contributed by atoms with Crippen molar-refractivity contribution in [1.29, 1.82) is 0 Å². The minimum Gasteiger partial charge on any atom is -0.340 e. The molecule has 0 bridgehead atoms. The van der Waals surface area contributed by atoms with Crippen LogP contribution in [0, 0.1) is 0 Å². The molecule has 1 amide bonds. The van der Waals surface area contributed by atoms with Crippen molar-refractivity contribution in [2.45, 2.75) is 25.3 Å². The lowest BCUT2D eigenvalue weighted by Gasteiger charge is -2.38. The second-order valence-electron chi connectivity index (χ2n) is 6.14. The Morgan fingerprint density at radius 2 is 1.90 bits per heavy atom. The number of piperazine rings is 1. The topological polar surface area (TPSA) is 35.6 Å². The van der Waals surface area contributed by atoms with Gasteiger partial charge in [-0.3, -0.25) is 9.69 Å². The minimum atomic E-state index is -0.0362. The summed E-state index contributed by atoms with van der Waals surface area (Å²) in [5, 5.41) is 3.42. The second-order valence-corrected chi connectivity index (χ2v) is 6.14. The molecule has 0 radical (unpaired) electrons. The third-order valence-electron chi connectivity index (χ3n) is 4.85. The first-order valence-electron chi connectivity index (χ1n) is 8.04. The van der Waals surface area contributed by atoms with Crippen LogP contribution in [0.25, 0.3) is 0 Å². The smallest absolute Gasteiger partial charge is 0.229 e. The summed E-state index contributed by atoms with van der Waals surface area (Å²) in [6.07, 6.45) is 1.24. The van der Waals surface area contributed by atoms with Crippen LogP contribution < -0.4 is 5.32 Å². The molecule has 1 aromatic rings. The van der Waals surface area contributed by atoms with Crippen molar-refractivity contribution >= 4 is 5.91 Å². The molecule has 114 valence electrons. The fraction of sp³-hybridized carbons (Fsp3) is 0.588. The Kier molecular flexibility index (Phi) is 4.56. The molecular weight excluding hydrogens is 262 g/mol. The molecule has 2 unspecified atom stereocenters. The molecule has 2 fully saturated rings. The highest BCUT2D eigenvalue weighted by Gasteiger charge is 2.29. The molecule has 2 heterocycles. The molecule has 0 aliphatic carbocycles. The lowest BCUT2D eigenvalue weighted by atomic mass is 9.99. The summed E-state index contributed by atoms with van der Waals surface area (Å²) >= 11 is 0. The Bertz CT molecular complexity index is 462. The number of hydrogen-bond acceptors (Lipinski definition) is 3. The van der Waals surface area contributed by atoms with Gasteiger partial charge in [-0.05, 0) is 25.5 Å². The van der Waals surface area contributed by atoms with E-state index in [1.165, 1.54) is 6.42 Å². The fourth-order valence-corrected chi connectivity index (χ4v) is 3.42. The lowest BCUT2D eigenvalue weighted by Crippen LogP contribution is -2.53. The SMILES string of the molecule is CC(C(=O)N1CCN(C2CCNC2)CC1)c1ccccc1. The summed E-state index contributed by atoms with van der Waals surface area (Å²) < 4.78 is 0. The van der Waals surface area contributed by atoms with Gasteiger partial charge in [0.05, 0.1) is 5.92 Å². The van der Waals surface area contributed by atoms with E-state index < -0.39 is 0 Å². The van der Waals surface area contributed by atoms with Gasteiger partial charge in [-0.1, -0.05) is 30.3 Å². The largest absolute Gasteiger partial charge is 0.340 e. The van der Waals surface area contributed by atoms with Gasteiger partial charge in [0.1, 0.15) is 0 Å². The summed E-state index contributed by atoms with van der Waals surface area (Å²) in [5.41, 5.74) is 1.12. The molecule has 0 aromatic heterocycles. The molecular formula is C17H25N3O. The van der Waals surface area contributed by atoms with E-state index in [2.05, 4.69) is 10.2 Å². The zero-order valence-corrected chi connectivity index (χ0v) is 12.8. The van der Waals surface area contributed by atoms with Gasteiger partial charge in [0.15, 0.2) is 0 Å². The molecule has 2 atom stereocenters. The van der Waals surface area contributed by atoms with E-state index in [0.717, 1.165) is 44.8 Å². The third kappa shape index (κ3) is 3.27. The van der Waals surface area contributed by atoms with Gasteiger partial charge >= 0.3 is 0 Å². The molecule has 1 aromatic carbocycles. The molecule has 2 aliphatic rings. The average Bonchev–Trinajstić information content (AvgIpc) is 3.09. The van der Waals surface area contributed by atoms with Crippen LogP contribution in [0.1, 0.15) is 24.8 Å². The summed E-state index contributed by atoms with van der Waals surface area (Å²) in [4.78, 5) is 17.2. The second kappa shape index (κ2) is 6.58. The fourth-order valence-electron chi connectivity index (χ4n) is 3.42. The van der Waals surface area contributed by atoms with E-state index >= 15 is 0 Å². The van der Waals surface area contributed by atoms with Crippen LogP contribution in [-0.2, 0) is 4.79 Å². The van der Waals surface area contributed by atoms with Crippen molar-refractivity contribution in [3.05, 3.63) is 35.9 Å². The molecule has 0 spiro atoms. The number of rotatable bonds is 3. The molecule has 4 heteroatoms. The van der Waals surface area contributed by atoms with Crippen LogP contribution in [0.4, 0.5) is 0 Å². The summed E-state index contributed by atoms with van der Waals surface area (Å²) in [7, 11) is 0. The zero-order valence-electron chi connectivity index (χ0n) is 12.8. The highest BCUT2D eigenvalue weighted by atomic mass is 16.2. The van der Waals surface area contributed by atoms with Crippen molar-refractivity contribution in [1.82, 2.24) is 15.1 Å². The maximum atomic E-state index is 12.6. The van der Waals surface area contributed by atoms with Crippen molar-refractivity contribution in [3.63, 3.8) is 0 Å². The Balaban J connectivity index is 1.55. The van der Waals surface area contributed by atoms with E-state index in [1.807, 2.05) is 42.2 Å². The number of carbonyl (C=O) groups excluding carboxylic acids is 1. The average molecular weight is 287 g/mol. The number of nitrogens with zero attached hydrogens (tertiary/aromatic N) is 2. The molecule has 0 saturated carbocycles. The predicted molar refractivity (Wildman–Crippen MR) is 84.3 cm³/mol. The van der Waals surface area contributed by atoms with Crippen LogP contribution in [0.3, 0.4) is 0 Å². The number of benzene rings is 1. The van der Waals surface area contributed by atoms with Gasteiger partial charge in [0.2, 0.25) is 5.91 Å². The first-order chi connectivity index (χ1) is 10.3. The number of carbonyl (C=O) groups is 1. The van der Waals surface area contributed by atoms with E-state index in [9.17, 15) is 4.79 Å². The Morgan fingerprint density at radius 3 is 2.52 bits per heavy atom. The summed E-state index contributed by atoms with van der Waals surface area (Å²) in [6, 6.07) is 10.8. The summed E-state index contributed by atoms with van der Waals surface area (Å²) in [5.74, 6) is 0.233. The van der Waals surface area contributed by atoms with Crippen molar-refractivity contribution in [3.8, 4) is 0 Å². The quantitative estimate of drug-likeness (QED) is 0.910. The number of amides is 1. The Labute approximate surface area is 127 Å². The Morgan fingerprint density at radius 1 is 1.19 bits per heavy atom. The number of nitrogens with one attached hydrogen (secondary N) is 1. The lowest BCUT2D eigenvalue weighted by molar-refractivity contribution is -0.134. The van der Waals surface area contributed by atoms with E-state index in [0.29, 0.717) is 6.04 Å². The minimum absolute atomic E-state index is 0.0362. The maximum Gasteiger partial charge on any atom is 0.229 e. The van der Waals surface area contributed by atoms with Crippen molar-refractivity contribution in [2.24, 2.45) is 0 Å². The van der Waals surface area contributed by atoms with Gasteiger partial charge in [0.25, 0.3) is 0 Å². The van der Waals surface area contributed by atoms with Gasteiger partial charge < -0.3 is 10.2 Å². The van der Waals surface area contributed by atoms with E-state index in [-0.39, 0.29) is 11.8 Å². The summed E-state index contributed by atoms with van der Waals surface area (Å²) in [6.45, 7) is 8.02. The van der Waals surface area contributed by atoms with Gasteiger partial charge in [0, 0.05) is 38.8 Å². The highest BCUT2D eigenvalue weighted by Crippen LogP contribution is 2.19. The molecule has 2 aliphatic heterocycles. The first kappa shape index (κ1) is 14.5.